The van der Waals surface area contributed by atoms with Crippen molar-refractivity contribution in [1.29, 1.82) is 0 Å². The van der Waals surface area contributed by atoms with Gasteiger partial charge >= 0.3 is 0 Å². The average Bonchev–Trinajstić information content (AvgIpc) is 0.886. The first-order valence-electron chi connectivity index (χ1n) is 31.0. The lowest BCUT2D eigenvalue weighted by Gasteiger charge is -2.21. The van der Waals surface area contributed by atoms with Gasteiger partial charge in [0.05, 0.1) is 36.9 Å². The molecule has 0 aliphatic rings. The van der Waals surface area contributed by atoms with E-state index in [1.807, 2.05) is 48.5 Å². The molecule has 0 atom stereocenters. The van der Waals surface area contributed by atoms with Gasteiger partial charge in [-0.15, -0.1) is 0 Å². The van der Waals surface area contributed by atoms with Gasteiger partial charge in [-0.3, -0.25) is 9.98 Å². The molecule has 0 saturated heterocycles. The average molecular weight is 1550 g/mol. The highest BCUT2D eigenvalue weighted by molar-refractivity contribution is 7.91. The smallest absolute Gasteiger partial charge is 0.258 e. The molecule has 34 heteroatoms. The molecule has 5 rings (SSSR count). The first-order valence-corrected chi connectivity index (χ1v) is 41.8. The Labute approximate surface area is 604 Å². The Hall–Kier alpha value is -5.86. The Morgan fingerprint density at radius 1 is 0.390 bits per heavy atom. The van der Waals surface area contributed by atoms with Gasteiger partial charge in [-0.05, 0) is 213 Å². The fourth-order valence-corrected chi connectivity index (χ4v) is 14.4. The first kappa shape index (κ1) is 105. The molecule has 0 fully saturated rings. The molecule has 1 aromatic heterocycles. The van der Waals surface area contributed by atoms with E-state index in [1.54, 1.807) is 231 Å². The molecule has 5 aromatic rings. The molecular formula is C66H123N13O14S7. The van der Waals surface area contributed by atoms with Crippen LogP contribution in [0.5, 0.6) is 0 Å². The number of aromatic nitrogens is 1. The van der Waals surface area contributed by atoms with Crippen molar-refractivity contribution in [1.82, 2.24) is 38.0 Å². The minimum absolute atomic E-state index is 0. The van der Waals surface area contributed by atoms with E-state index in [0.717, 1.165) is 11.8 Å². The zero-order valence-corrected chi connectivity index (χ0v) is 66.9. The van der Waals surface area contributed by atoms with Crippen LogP contribution in [0, 0.1) is 6.92 Å². The first-order chi connectivity index (χ1) is 44.5. The van der Waals surface area contributed by atoms with Gasteiger partial charge in [-0.2, -0.15) is 0 Å². The largest absolute Gasteiger partial charge is 0.390 e. The lowest BCUT2D eigenvalue weighted by molar-refractivity contribution is 0.534. The minimum atomic E-state index is -3.42. The molecule has 4 aromatic carbocycles. The van der Waals surface area contributed by atoms with Crippen molar-refractivity contribution in [3.05, 3.63) is 145 Å². The van der Waals surface area contributed by atoms with Crippen LogP contribution in [0.1, 0.15) is 166 Å². The second-order valence-corrected chi connectivity index (χ2v) is 37.5. The number of hydrogen-bond donors (Lipinski definition) is 10. The van der Waals surface area contributed by atoms with Gasteiger partial charge in [0, 0.05) is 60.6 Å². The SMILES string of the molecule is C.C.CC(C)N=C(N)N.CC(C)N=CN.CC(C)NS(=O)(=O)C(C)(C)C.CC(C)NS(=O)(=O)c1ccccc1.CC(C)NS(=O)(=O)c1ccccc1.CC(C)NS(=O)(=O)c1ccccc1.CC(C)NS(=O)(=O)c1ccccn1.CC(C)NS(C)(=O)=O.Cc1ccc(S(=O)(=O)NC(C)C)cc1. The Balaban J connectivity index is -0.000000251. The highest BCUT2D eigenvalue weighted by Crippen LogP contribution is 2.14. The number of nitrogens with one attached hydrogen (secondary N) is 7. The highest BCUT2D eigenvalue weighted by Gasteiger charge is 2.29. The number of nitrogens with two attached hydrogens (primary N) is 3. The third kappa shape index (κ3) is 55.8. The lowest BCUT2D eigenvalue weighted by atomic mass is 10.2. The molecule has 1 heterocycles. The molecule has 0 unspecified atom stereocenters. The molecule has 0 saturated carbocycles. The van der Waals surface area contributed by atoms with E-state index in [9.17, 15) is 58.9 Å². The lowest BCUT2D eigenvalue weighted by Crippen LogP contribution is -2.42. The predicted molar refractivity (Wildman–Crippen MR) is 414 cm³/mol. The summed E-state index contributed by atoms with van der Waals surface area (Å²) in [4.78, 5) is 12.5. The Morgan fingerprint density at radius 3 is 0.830 bits per heavy atom. The number of sulfonamides is 7. The van der Waals surface area contributed by atoms with Crippen molar-refractivity contribution < 1.29 is 58.9 Å². The van der Waals surface area contributed by atoms with Crippen LogP contribution in [0.3, 0.4) is 0 Å². The third-order valence-electron chi connectivity index (χ3n) is 9.80. The Bertz CT molecular complexity index is 3540. The second-order valence-electron chi connectivity index (χ2n) is 24.8. The van der Waals surface area contributed by atoms with Crippen LogP contribution in [-0.4, -0.2) is 142 Å². The van der Waals surface area contributed by atoms with Crippen molar-refractivity contribution in [3.63, 3.8) is 0 Å². The van der Waals surface area contributed by atoms with Gasteiger partial charge < -0.3 is 17.2 Å². The van der Waals surface area contributed by atoms with Crippen LogP contribution >= 0.6 is 0 Å². The maximum atomic E-state index is 11.6. The number of benzene rings is 4. The standard InChI is InChI=1S/C10H15NO2S.3C9H13NO2S.C8H12N2O2S.C7H17NO2S.C4H11N3.C4H10N2.C4H11NO2S.2CH4/c1-8(2)11-14(12,13)10-6-4-9(3)5-7-10;3*1-8(2)10-13(11,12)9-6-4-3-5-7-9;1-7(2)10-13(11,12)8-5-3-4-6-9-8;1-6(2)8-11(9,10)7(3,4)5;1-3(2)7-4(5)6;1-4(2)6-3-5;1-4(2)5-8(3,6)7;;/h4-8,11H,1-3H3;3*3-8,10H,1-2H3;3-7,10H,1-2H3;6,8H,1-5H3;3H,1-2H3,(H4,5,6,7);3-4H,1-2H3,(H2,5,6);4-5H,1-3H3;2*1H4. The topological polar surface area (TPSA) is 439 Å². The molecule has 0 bridgehead atoms. The van der Waals surface area contributed by atoms with Crippen LogP contribution in [0.15, 0.2) is 174 Å². The zero-order valence-electron chi connectivity index (χ0n) is 61.2. The molecule has 13 N–H and O–H groups in total. The van der Waals surface area contributed by atoms with E-state index < -0.39 is 74.9 Å². The highest BCUT2D eigenvalue weighted by atomic mass is 32.2. The maximum absolute atomic E-state index is 11.6. The molecular weight excluding hydrogens is 1420 g/mol. The number of guanidine groups is 1. The number of rotatable bonds is 21. The monoisotopic (exact) mass is 1550 g/mol. The normalized spacial score (nSPS) is 11.7. The predicted octanol–water partition coefficient (Wildman–Crippen LogP) is 8.95. The number of nitrogens with zero attached hydrogens (tertiary/aromatic N) is 3. The number of hydrogen-bond acceptors (Lipinski definition) is 17. The summed E-state index contributed by atoms with van der Waals surface area (Å²) in [5.41, 5.74) is 16.0. The maximum Gasteiger partial charge on any atom is 0.258 e. The molecule has 0 spiro atoms. The molecule has 0 aliphatic heterocycles. The second kappa shape index (κ2) is 51.3. The van der Waals surface area contributed by atoms with Gasteiger partial charge in [0.15, 0.2) is 11.0 Å². The zero-order chi connectivity index (χ0) is 77.3. The van der Waals surface area contributed by atoms with Gasteiger partial charge in [-0.1, -0.05) is 93.2 Å². The van der Waals surface area contributed by atoms with Crippen LogP contribution < -0.4 is 50.3 Å². The quantitative estimate of drug-likeness (QED) is 0.0242. The van der Waals surface area contributed by atoms with E-state index in [1.165, 1.54) is 18.6 Å². The Morgan fingerprint density at radius 2 is 0.660 bits per heavy atom. The summed E-state index contributed by atoms with van der Waals surface area (Å²) in [5, 5.41) is 0.0590. The van der Waals surface area contributed by atoms with Gasteiger partial charge in [0.2, 0.25) is 60.1 Å². The van der Waals surface area contributed by atoms with E-state index in [0.29, 0.717) is 25.6 Å². The van der Waals surface area contributed by atoms with Crippen LogP contribution in [-0.2, 0) is 70.2 Å². The van der Waals surface area contributed by atoms with Gasteiger partial charge in [0.25, 0.3) is 10.0 Å². The van der Waals surface area contributed by atoms with E-state index in [-0.39, 0.29) is 74.2 Å². The van der Waals surface area contributed by atoms with E-state index in [2.05, 4.69) is 48.0 Å². The summed E-state index contributed by atoms with van der Waals surface area (Å²) in [6.07, 6.45) is 3.92. The van der Waals surface area contributed by atoms with E-state index >= 15 is 0 Å². The van der Waals surface area contributed by atoms with E-state index in [4.69, 9.17) is 17.2 Å². The summed E-state index contributed by atoms with van der Waals surface area (Å²) in [6.45, 7) is 39.8. The number of aryl methyl sites for hydroxylation is 1. The fourth-order valence-electron chi connectivity index (χ4n) is 6.29. The Kier molecular flexibility index (Phi) is 53.9. The van der Waals surface area contributed by atoms with Crippen LogP contribution in [0.25, 0.3) is 0 Å². The summed E-state index contributed by atoms with van der Waals surface area (Å²) in [5.74, 6) is 0.162. The summed E-state index contributed by atoms with van der Waals surface area (Å²) < 4.78 is 175. The minimum Gasteiger partial charge on any atom is -0.390 e. The van der Waals surface area contributed by atoms with Gasteiger partial charge in [0.1, 0.15) is 0 Å². The molecule has 100 heavy (non-hydrogen) atoms. The molecule has 27 nitrogen and oxygen atoms in total. The molecule has 578 valence electrons. The van der Waals surface area contributed by atoms with Gasteiger partial charge in [-0.25, -0.2) is 97.0 Å². The van der Waals surface area contributed by atoms with Crippen molar-refractivity contribution in [2.24, 2.45) is 27.2 Å². The molecule has 0 radical (unpaired) electrons. The molecule has 0 aliphatic carbocycles. The van der Waals surface area contributed by atoms with Crippen molar-refractivity contribution in [2.75, 3.05) is 6.26 Å². The van der Waals surface area contributed by atoms with Crippen LogP contribution in [0.2, 0.25) is 0 Å². The van der Waals surface area contributed by atoms with Crippen LogP contribution in [0.4, 0.5) is 0 Å². The summed E-state index contributed by atoms with van der Waals surface area (Å²) >= 11 is 0. The summed E-state index contributed by atoms with van der Waals surface area (Å²) in [7, 11) is -22.8. The fraction of sp³-hybridized carbons (Fsp3) is 0.530. The summed E-state index contributed by atoms with van der Waals surface area (Å²) in [6, 6.07) is 36.7. The molecule has 0 amide bonds. The van der Waals surface area contributed by atoms with Crippen molar-refractivity contribution in [2.45, 2.75) is 251 Å². The van der Waals surface area contributed by atoms with Crippen molar-refractivity contribution in [3.8, 4) is 0 Å². The number of pyridine rings is 1. The number of aliphatic imine (C=N–C) groups is 2. The third-order valence-corrected chi connectivity index (χ3v) is 21.4. The van der Waals surface area contributed by atoms with Crippen molar-refractivity contribution >= 4 is 82.5 Å².